The van der Waals surface area contributed by atoms with Gasteiger partial charge in [0.2, 0.25) is 17.9 Å². The van der Waals surface area contributed by atoms with E-state index in [-0.39, 0.29) is 0 Å². The summed E-state index contributed by atoms with van der Waals surface area (Å²) in [5.74, 6) is -6.36. The number of Topliss-reactive ketones (excluding diaryl/α,β-unsaturated/α-hetero) is 4. The Morgan fingerprint density at radius 1 is 1.00 bits per heavy atom. The number of carbonyl (C=O) groups is 4. The van der Waals surface area contributed by atoms with Crippen LogP contribution in [0.3, 0.4) is 0 Å². The Morgan fingerprint density at radius 2 is 1.43 bits per heavy atom. The molecule has 78 valence electrons. The highest BCUT2D eigenvalue weighted by Crippen LogP contribution is 2.05. The van der Waals surface area contributed by atoms with Gasteiger partial charge in [-0.05, 0) is 6.92 Å². The number of aliphatic hydroxyl groups is 2. The summed E-state index contributed by atoms with van der Waals surface area (Å²) in [5.41, 5.74) is 0. The minimum atomic E-state index is -2.42. The Morgan fingerprint density at radius 3 is 1.64 bits per heavy atom. The molecule has 0 aromatic rings. The van der Waals surface area contributed by atoms with E-state index in [4.69, 9.17) is 10.2 Å². The van der Waals surface area contributed by atoms with Gasteiger partial charge >= 0.3 is 0 Å². The predicted molar refractivity (Wildman–Crippen MR) is 43.1 cm³/mol. The monoisotopic (exact) mass is 202 g/mol. The highest BCUT2D eigenvalue weighted by molar-refractivity contribution is 6.45. The molecule has 0 rings (SSSR count). The van der Waals surface area contributed by atoms with Crippen LogP contribution in [0.5, 0.6) is 0 Å². The molecule has 0 amide bonds. The number of ketones is 4. The normalized spacial score (nSPS) is 12.4. The summed E-state index contributed by atoms with van der Waals surface area (Å²) >= 11 is 0. The van der Waals surface area contributed by atoms with Crippen LogP contribution in [0.25, 0.3) is 0 Å². The number of hydrogen-bond acceptors (Lipinski definition) is 6. The van der Waals surface area contributed by atoms with E-state index < -0.39 is 35.3 Å². The summed E-state index contributed by atoms with van der Waals surface area (Å²) in [4.78, 5) is 43.4. The summed E-state index contributed by atoms with van der Waals surface area (Å²) in [6.45, 7) is 1.82. The molecule has 0 radical (unpaired) electrons. The van der Waals surface area contributed by atoms with Gasteiger partial charge in [-0.2, -0.15) is 0 Å². The van der Waals surface area contributed by atoms with E-state index in [0.29, 0.717) is 0 Å². The molecule has 0 aliphatic carbocycles. The standard InChI is InChI=1S/C8H10O6/c1-3(9)5(6(11)4(2)10)7(12)8(13)14/h5,8,13-14H,1-2H3. The molecule has 0 aliphatic rings. The largest absolute Gasteiger partial charge is 0.362 e. The predicted octanol–water partition coefficient (Wildman–Crippen LogP) is -1.77. The van der Waals surface area contributed by atoms with Gasteiger partial charge in [0.15, 0.2) is 5.78 Å². The average Bonchev–Trinajstić information content (AvgIpc) is 2.03. The maximum absolute atomic E-state index is 11.0. The van der Waals surface area contributed by atoms with Crippen molar-refractivity contribution >= 4 is 23.1 Å². The molecule has 2 N–H and O–H groups in total. The van der Waals surface area contributed by atoms with Gasteiger partial charge in [-0.3, -0.25) is 19.2 Å². The fourth-order valence-corrected chi connectivity index (χ4v) is 0.866. The Labute approximate surface area is 79.5 Å². The Hall–Kier alpha value is -1.40. The van der Waals surface area contributed by atoms with Crippen LogP contribution in [-0.4, -0.2) is 39.6 Å². The second-order valence-corrected chi connectivity index (χ2v) is 2.74. The van der Waals surface area contributed by atoms with Crippen molar-refractivity contribution in [3.05, 3.63) is 0 Å². The molecule has 0 spiro atoms. The van der Waals surface area contributed by atoms with Crippen molar-refractivity contribution in [3.8, 4) is 0 Å². The van der Waals surface area contributed by atoms with Gasteiger partial charge in [-0.25, -0.2) is 0 Å². The van der Waals surface area contributed by atoms with Crippen molar-refractivity contribution in [1.82, 2.24) is 0 Å². The summed E-state index contributed by atoms with van der Waals surface area (Å²) in [5, 5.41) is 16.9. The lowest BCUT2D eigenvalue weighted by atomic mass is 9.92. The summed E-state index contributed by atoms with van der Waals surface area (Å²) in [6, 6.07) is 0. The van der Waals surface area contributed by atoms with Crippen LogP contribution in [0.2, 0.25) is 0 Å². The van der Waals surface area contributed by atoms with E-state index in [1.54, 1.807) is 0 Å². The van der Waals surface area contributed by atoms with Crippen molar-refractivity contribution in [1.29, 1.82) is 0 Å². The van der Waals surface area contributed by atoms with Crippen LogP contribution < -0.4 is 0 Å². The molecule has 6 nitrogen and oxygen atoms in total. The average molecular weight is 202 g/mol. The molecule has 0 saturated carbocycles. The first-order chi connectivity index (χ1) is 6.29. The van der Waals surface area contributed by atoms with Crippen LogP contribution in [0.1, 0.15) is 13.8 Å². The highest BCUT2D eigenvalue weighted by Gasteiger charge is 2.36. The minimum absolute atomic E-state index is 0.886. The Bertz CT molecular complexity index is 290. The third kappa shape index (κ3) is 2.82. The zero-order valence-corrected chi connectivity index (χ0v) is 7.68. The molecular weight excluding hydrogens is 192 g/mol. The first-order valence-electron chi connectivity index (χ1n) is 3.74. The van der Waals surface area contributed by atoms with Gasteiger partial charge in [-0.1, -0.05) is 0 Å². The summed E-state index contributed by atoms with van der Waals surface area (Å²) in [6.07, 6.45) is -2.42. The first kappa shape index (κ1) is 12.6. The number of hydrogen-bond donors (Lipinski definition) is 2. The zero-order valence-electron chi connectivity index (χ0n) is 7.68. The van der Waals surface area contributed by atoms with Gasteiger partial charge < -0.3 is 10.2 Å². The molecular formula is C8H10O6. The molecule has 1 atom stereocenters. The van der Waals surface area contributed by atoms with Gasteiger partial charge in [0, 0.05) is 6.92 Å². The Balaban J connectivity index is 4.97. The van der Waals surface area contributed by atoms with E-state index in [1.165, 1.54) is 0 Å². The smallest absolute Gasteiger partial charge is 0.216 e. The molecule has 0 aliphatic heterocycles. The molecule has 0 saturated heterocycles. The van der Waals surface area contributed by atoms with Crippen molar-refractivity contribution in [2.75, 3.05) is 0 Å². The number of aliphatic hydroxyl groups excluding tert-OH is 1. The maximum atomic E-state index is 11.0. The van der Waals surface area contributed by atoms with E-state index in [1.807, 2.05) is 0 Å². The third-order valence-electron chi connectivity index (χ3n) is 1.55. The third-order valence-corrected chi connectivity index (χ3v) is 1.55. The number of rotatable bonds is 5. The molecule has 0 heterocycles. The van der Waals surface area contributed by atoms with E-state index in [0.717, 1.165) is 13.8 Å². The van der Waals surface area contributed by atoms with E-state index in [2.05, 4.69) is 0 Å². The fraction of sp³-hybridized carbons (Fsp3) is 0.500. The second kappa shape index (κ2) is 4.73. The second-order valence-electron chi connectivity index (χ2n) is 2.74. The zero-order chi connectivity index (χ0) is 11.5. The van der Waals surface area contributed by atoms with Crippen molar-refractivity contribution < 1.29 is 29.4 Å². The lowest BCUT2D eigenvalue weighted by molar-refractivity contribution is -0.157. The van der Waals surface area contributed by atoms with Crippen molar-refractivity contribution in [3.63, 3.8) is 0 Å². The molecule has 0 aromatic carbocycles. The van der Waals surface area contributed by atoms with Crippen LogP contribution in [-0.2, 0) is 19.2 Å². The molecule has 0 fully saturated rings. The topological polar surface area (TPSA) is 109 Å². The van der Waals surface area contributed by atoms with Crippen LogP contribution in [0.15, 0.2) is 0 Å². The molecule has 6 heteroatoms. The van der Waals surface area contributed by atoms with Crippen molar-refractivity contribution in [2.45, 2.75) is 20.1 Å². The van der Waals surface area contributed by atoms with Crippen LogP contribution >= 0.6 is 0 Å². The van der Waals surface area contributed by atoms with Gasteiger partial charge in [-0.15, -0.1) is 0 Å². The molecule has 1 unspecified atom stereocenters. The number of carbonyl (C=O) groups excluding carboxylic acids is 4. The SMILES string of the molecule is CC(=O)C(=O)C(C(C)=O)C(=O)C(O)O. The van der Waals surface area contributed by atoms with Gasteiger partial charge in [0.1, 0.15) is 11.7 Å². The van der Waals surface area contributed by atoms with Crippen LogP contribution in [0.4, 0.5) is 0 Å². The highest BCUT2D eigenvalue weighted by atomic mass is 16.5. The molecule has 0 aromatic heterocycles. The maximum Gasteiger partial charge on any atom is 0.216 e. The van der Waals surface area contributed by atoms with Gasteiger partial charge in [0.05, 0.1) is 0 Å². The van der Waals surface area contributed by atoms with Crippen molar-refractivity contribution in [2.24, 2.45) is 5.92 Å². The van der Waals surface area contributed by atoms with E-state index in [9.17, 15) is 19.2 Å². The molecule has 14 heavy (non-hydrogen) atoms. The summed E-state index contributed by atoms with van der Waals surface area (Å²) in [7, 11) is 0. The van der Waals surface area contributed by atoms with Gasteiger partial charge in [0.25, 0.3) is 0 Å². The minimum Gasteiger partial charge on any atom is -0.362 e. The fourth-order valence-electron chi connectivity index (χ4n) is 0.866. The first-order valence-corrected chi connectivity index (χ1v) is 3.74. The summed E-state index contributed by atoms with van der Waals surface area (Å²) < 4.78 is 0. The van der Waals surface area contributed by atoms with E-state index >= 15 is 0 Å². The Kier molecular flexibility index (Phi) is 4.26. The molecule has 0 bridgehead atoms. The lowest BCUT2D eigenvalue weighted by Gasteiger charge is -2.10. The lowest BCUT2D eigenvalue weighted by Crippen LogP contribution is -2.40. The van der Waals surface area contributed by atoms with Crippen LogP contribution in [0, 0.1) is 5.92 Å². The quantitative estimate of drug-likeness (QED) is 0.310.